The summed E-state index contributed by atoms with van der Waals surface area (Å²) in [7, 11) is 0. The Hall–Kier alpha value is -3.37. The number of amides is 2. The molecular weight excluding hydrogens is 431 g/mol. The number of benzene rings is 2. The zero-order chi connectivity index (χ0) is 23.2. The molecule has 2 aromatic carbocycles. The zero-order valence-electron chi connectivity index (χ0n) is 18.1. The van der Waals surface area contributed by atoms with E-state index >= 15 is 0 Å². The van der Waals surface area contributed by atoms with Gasteiger partial charge in [-0.05, 0) is 29.8 Å². The Kier molecular flexibility index (Phi) is 7.26. The first-order valence-electron chi connectivity index (χ1n) is 10.9. The molecule has 1 fully saturated rings. The number of carbonyl (C=O) groups excluding carboxylic acids is 2. The largest absolute Gasteiger partial charge is 0.454 e. The Morgan fingerprint density at radius 1 is 1.00 bits per heavy atom. The fourth-order valence-corrected chi connectivity index (χ4v) is 4.08. The molecule has 2 aliphatic heterocycles. The highest BCUT2D eigenvalue weighted by molar-refractivity contribution is 6.35. The van der Waals surface area contributed by atoms with Crippen LogP contribution >= 0.6 is 0 Å². The van der Waals surface area contributed by atoms with Crippen molar-refractivity contribution in [2.45, 2.75) is 6.04 Å². The molecule has 33 heavy (non-hydrogen) atoms. The molecule has 4 rings (SSSR count). The molecule has 0 spiro atoms. The Balaban J connectivity index is 1.47. The summed E-state index contributed by atoms with van der Waals surface area (Å²) in [6.45, 7) is 2.64. The van der Waals surface area contributed by atoms with Gasteiger partial charge in [-0.1, -0.05) is 18.2 Å². The molecule has 2 aromatic rings. The minimum Gasteiger partial charge on any atom is -0.454 e. The number of fused-ring (bicyclic) bond motifs is 1. The van der Waals surface area contributed by atoms with Crippen LogP contribution in [-0.2, 0) is 9.59 Å². The second kappa shape index (κ2) is 10.5. The number of ether oxygens (including phenoxy) is 2. The van der Waals surface area contributed by atoms with Gasteiger partial charge in [-0.25, -0.2) is 4.39 Å². The van der Waals surface area contributed by atoms with E-state index in [1.807, 2.05) is 29.2 Å². The van der Waals surface area contributed by atoms with Crippen molar-refractivity contribution in [3.05, 3.63) is 53.8 Å². The van der Waals surface area contributed by atoms with E-state index < -0.39 is 11.8 Å². The summed E-state index contributed by atoms with van der Waals surface area (Å²) >= 11 is 0. The van der Waals surface area contributed by atoms with E-state index in [1.165, 1.54) is 6.07 Å². The first kappa shape index (κ1) is 22.8. The number of hydrogen-bond acceptors (Lipinski definition) is 7. The van der Waals surface area contributed by atoms with Crippen molar-refractivity contribution in [2.75, 3.05) is 57.6 Å². The second-order valence-electron chi connectivity index (χ2n) is 7.79. The molecule has 0 radical (unpaired) electrons. The van der Waals surface area contributed by atoms with Crippen LogP contribution in [0.1, 0.15) is 11.6 Å². The van der Waals surface area contributed by atoms with Gasteiger partial charge >= 0.3 is 11.8 Å². The van der Waals surface area contributed by atoms with E-state index in [9.17, 15) is 14.0 Å². The number of halogens is 1. The topological polar surface area (TPSA) is 103 Å². The van der Waals surface area contributed by atoms with E-state index in [0.29, 0.717) is 43.4 Å². The maximum absolute atomic E-state index is 14.2. The number of anilines is 1. The Bertz CT molecular complexity index is 997. The average Bonchev–Trinajstić information content (AvgIpc) is 3.31. The molecule has 1 atom stereocenters. The molecule has 9 nitrogen and oxygen atoms in total. The van der Waals surface area contributed by atoms with Gasteiger partial charge < -0.3 is 30.1 Å². The van der Waals surface area contributed by atoms with Crippen LogP contribution in [0.2, 0.25) is 0 Å². The highest BCUT2D eigenvalue weighted by atomic mass is 19.1. The Labute approximate surface area is 191 Å². The van der Waals surface area contributed by atoms with E-state index in [2.05, 4.69) is 15.5 Å². The molecule has 1 saturated heterocycles. The van der Waals surface area contributed by atoms with Crippen LogP contribution in [0.5, 0.6) is 11.5 Å². The maximum Gasteiger partial charge on any atom is 0.309 e. The van der Waals surface area contributed by atoms with Gasteiger partial charge in [0, 0.05) is 39.3 Å². The monoisotopic (exact) mass is 458 g/mol. The first-order chi connectivity index (χ1) is 16.1. The summed E-state index contributed by atoms with van der Waals surface area (Å²) in [5, 5.41) is 13.9. The molecule has 0 bridgehead atoms. The Morgan fingerprint density at radius 2 is 1.73 bits per heavy atom. The summed E-state index contributed by atoms with van der Waals surface area (Å²) in [4.78, 5) is 28.3. The molecule has 176 valence electrons. The van der Waals surface area contributed by atoms with Crippen LogP contribution in [-0.4, -0.2) is 74.5 Å². The van der Waals surface area contributed by atoms with Gasteiger partial charge in [0.15, 0.2) is 11.5 Å². The third-order valence-electron chi connectivity index (χ3n) is 5.79. The van der Waals surface area contributed by atoms with Crippen molar-refractivity contribution in [1.82, 2.24) is 15.5 Å². The van der Waals surface area contributed by atoms with Crippen molar-refractivity contribution in [2.24, 2.45) is 0 Å². The molecule has 0 aliphatic carbocycles. The average molecular weight is 458 g/mol. The fourth-order valence-electron chi connectivity index (χ4n) is 4.08. The molecule has 10 heteroatoms. The molecular formula is C23H27FN4O5. The van der Waals surface area contributed by atoms with Gasteiger partial charge in [0.2, 0.25) is 6.79 Å². The van der Waals surface area contributed by atoms with E-state index in [4.69, 9.17) is 14.6 Å². The smallest absolute Gasteiger partial charge is 0.309 e. The van der Waals surface area contributed by atoms with E-state index in [-0.39, 0.29) is 38.3 Å². The number of aliphatic hydroxyl groups excluding tert-OH is 1. The molecule has 2 aliphatic rings. The van der Waals surface area contributed by atoms with Crippen molar-refractivity contribution in [3.8, 4) is 11.5 Å². The van der Waals surface area contributed by atoms with Gasteiger partial charge in [-0.2, -0.15) is 0 Å². The second-order valence-corrected chi connectivity index (χ2v) is 7.79. The highest BCUT2D eigenvalue weighted by Gasteiger charge is 2.28. The van der Waals surface area contributed by atoms with Crippen LogP contribution in [0.25, 0.3) is 0 Å². The summed E-state index contributed by atoms with van der Waals surface area (Å²) in [6.07, 6.45) is 0. The minimum atomic E-state index is -0.794. The summed E-state index contributed by atoms with van der Waals surface area (Å²) < 4.78 is 25.1. The van der Waals surface area contributed by atoms with Crippen LogP contribution in [0, 0.1) is 5.82 Å². The number of carbonyl (C=O) groups is 2. The number of para-hydroxylation sites is 1. The number of piperazine rings is 1. The lowest BCUT2D eigenvalue weighted by molar-refractivity contribution is -0.139. The highest BCUT2D eigenvalue weighted by Crippen LogP contribution is 2.35. The van der Waals surface area contributed by atoms with Gasteiger partial charge in [-0.3, -0.25) is 14.5 Å². The summed E-state index contributed by atoms with van der Waals surface area (Å²) in [5.74, 6) is -0.514. The SMILES string of the molecule is O=C(NCCO)C(=O)NCC(c1ccc2c(c1)OCO2)N1CCN(c2ccccc2F)CC1. The predicted molar refractivity (Wildman–Crippen MR) is 119 cm³/mol. The lowest BCUT2D eigenvalue weighted by Crippen LogP contribution is -2.51. The normalized spacial score (nSPS) is 16.4. The molecule has 3 N–H and O–H groups in total. The van der Waals surface area contributed by atoms with Crippen molar-refractivity contribution in [1.29, 1.82) is 0 Å². The number of nitrogens with zero attached hydrogens (tertiary/aromatic N) is 2. The quantitative estimate of drug-likeness (QED) is 0.524. The first-order valence-corrected chi connectivity index (χ1v) is 10.9. The van der Waals surface area contributed by atoms with E-state index in [1.54, 1.807) is 12.1 Å². The predicted octanol–water partition coefficient (Wildman–Crippen LogP) is 0.642. The van der Waals surface area contributed by atoms with Gasteiger partial charge in [0.05, 0.1) is 18.3 Å². The Morgan fingerprint density at radius 3 is 2.48 bits per heavy atom. The summed E-state index contributed by atoms with van der Waals surface area (Å²) in [5.41, 5.74) is 1.49. The molecule has 0 aromatic heterocycles. The third-order valence-corrected chi connectivity index (χ3v) is 5.79. The lowest BCUT2D eigenvalue weighted by atomic mass is 10.0. The lowest BCUT2D eigenvalue weighted by Gasteiger charge is -2.40. The molecule has 0 saturated carbocycles. The van der Waals surface area contributed by atoms with Crippen molar-refractivity contribution in [3.63, 3.8) is 0 Å². The standard InChI is InChI=1S/C23H27FN4O5/c24-17-3-1-2-4-18(17)27-8-10-28(11-9-27)19(14-26-23(31)22(30)25-7-12-29)16-5-6-20-21(13-16)33-15-32-20/h1-6,13,19,29H,7-12,14-15H2,(H,25,30)(H,26,31). The zero-order valence-corrected chi connectivity index (χ0v) is 18.1. The molecule has 1 unspecified atom stereocenters. The van der Waals surface area contributed by atoms with Crippen LogP contribution in [0.3, 0.4) is 0 Å². The summed E-state index contributed by atoms with van der Waals surface area (Å²) in [6, 6.07) is 12.1. The number of nitrogens with one attached hydrogen (secondary N) is 2. The maximum atomic E-state index is 14.2. The number of rotatable bonds is 7. The van der Waals surface area contributed by atoms with Crippen molar-refractivity contribution >= 4 is 17.5 Å². The van der Waals surface area contributed by atoms with Crippen LogP contribution < -0.4 is 25.0 Å². The van der Waals surface area contributed by atoms with Gasteiger partial charge in [0.1, 0.15) is 5.82 Å². The molecule has 2 heterocycles. The fraction of sp³-hybridized carbons (Fsp3) is 0.391. The van der Waals surface area contributed by atoms with Crippen LogP contribution in [0.4, 0.5) is 10.1 Å². The molecule has 2 amide bonds. The number of aliphatic hydroxyl groups is 1. The van der Waals surface area contributed by atoms with E-state index in [0.717, 1.165) is 5.56 Å². The third kappa shape index (κ3) is 5.35. The van der Waals surface area contributed by atoms with Gasteiger partial charge in [0.25, 0.3) is 0 Å². The number of hydrogen-bond donors (Lipinski definition) is 3. The van der Waals surface area contributed by atoms with Gasteiger partial charge in [-0.15, -0.1) is 0 Å². The van der Waals surface area contributed by atoms with Crippen LogP contribution in [0.15, 0.2) is 42.5 Å². The minimum absolute atomic E-state index is 0.00977. The van der Waals surface area contributed by atoms with Crippen molar-refractivity contribution < 1.29 is 28.6 Å².